The Labute approximate surface area is 198 Å². The van der Waals surface area contributed by atoms with Crippen molar-refractivity contribution in [2.45, 2.75) is 37.2 Å². The highest BCUT2D eigenvalue weighted by atomic mass is 32.2. The molecule has 1 aliphatic heterocycles. The highest BCUT2D eigenvalue weighted by Crippen LogP contribution is 2.27. The molecular formula is C22H28N4O5S2. The molecule has 3 N–H and O–H groups in total. The molecule has 1 aromatic heterocycles. The summed E-state index contributed by atoms with van der Waals surface area (Å²) < 4.78 is 32.8. The maximum Gasteiger partial charge on any atom is 0.251 e. The van der Waals surface area contributed by atoms with Gasteiger partial charge in [0.05, 0.1) is 29.4 Å². The first-order chi connectivity index (χ1) is 15.6. The second-order valence-corrected chi connectivity index (χ2v) is 10.6. The fourth-order valence-electron chi connectivity index (χ4n) is 3.51. The van der Waals surface area contributed by atoms with E-state index in [1.54, 1.807) is 31.2 Å². The van der Waals surface area contributed by atoms with Crippen LogP contribution < -0.4 is 11.1 Å². The predicted octanol–water partition coefficient (Wildman–Crippen LogP) is 1.54. The number of hydrogen-bond donors (Lipinski definition) is 2. The number of primary amides is 1. The maximum atomic E-state index is 13.1. The van der Waals surface area contributed by atoms with Gasteiger partial charge in [0.15, 0.2) is 0 Å². The number of thioether (sulfide) groups is 1. The van der Waals surface area contributed by atoms with Crippen molar-refractivity contribution >= 4 is 33.6 Å². The van der Waals surface area contributed by atoms with E-state index in [2.05, 4.69) is 10.3 Å². The first kappa shape index (κ1) is 25.2. The van der Waals surface area contributed by atoms with Crippen molar-refractivity contribution < 1.29 is 22.7 Å². The lowest BCUT2D eigenvalue weighted by Gasteiger charge is -2.27. The number of nitrogens with one attached hydrogen (secondary N) is 1. The second kappa shape index (κ2) is 10.6. The van der Waals surface area contributed by atoms with Crippen LogP contribution in [-0.2, 0) is 26.1 Å². The molecule has 0 aliphatic carbocycles. The van der Waals surface area contributed by atoms with Gasteiger partial charge in [0.25, 0.3) is 5.91 Å². The number of benzene rings is 1. The number of aryl methyl sites for hydroxylation is 1. The lowest BCUT2D eigenvalue weighted by molar-refractivity contribution is -0.118. The minimum Gasteiger partial charge on any atom is -0.379 e. The Hall–Kier alpha value is -2.47. The van der Waals surface area contributed by atoms with Crippen LogP contribution in [0.15, 0.2) is 34.2 Å². The van der Waals surface area contributed by atoms with E-state index in [-0.39, 0.29) is 23.1 Å². The molecule has 9 nitrogen and oxygen atoms in total. The Bertz CT molecular complexity index is 1160. The van der Waals surface area contributed by atoms with Gasteiger partial charge in [-0.15, -0.1) is 0 Å². The number of amides is 2. The van der Waals surface area contributed by atoms with Crippen molar-refractivity contribution in [2.24, 2.45) is 5.73 Å². The lowest BCUT2D eigenvalue weighted by Crippen LogP contribution is -2.41. The number of pyridine rings is 1. The fraction of sp³-hybridized carbons (Fsp3) is 0.409. The number of hydrogen-bond acceptors (Lipinski definition) is 7. The number of carbonyl (C=O) groups excluding carboxylic acids is 2. The van der Waals surface area contributed by atoms with Crippen molar-refractivity contribution in [2.75, 3.05) is 32.1 Å². The van der Waals surface area contributed by atoms with E-state index >= 15 is 0 Å². The minimum absolute atomic E-state index is 0.00754. The number of nitrogens with two attached hydrogens (primary N) is 1. The first-order valence-electron chi connectivity index (χ1n) is 10.5. The summed E-state index contributed by atoms with van der Waals surface area (Å²) in [6.07, 6.45) is 0. The zero-order chi connectivity index (χ0) is 24.2. The van der Waals surface area contributed by atoms with E-state index in [1.807, 2.05) is 13.8 Å². The quantitative estimate of drug-likeness (QED) is 0.534. The van der Waals surface area contributed by atoms with E-state index < -0.39 is 15.9 Å². The van der Waals surface area contributed by atoms with Crippen LogP contribution in [0.5, 0.6) is 0 Å². The summed E-state index contributed by atoms with van der Waals surface area (Å²) in [7, 11) is -3.69. The topological polar surface area (TPSA) is 132 Å². The van der Waals surface area contributed by atoms with E-state index in [9.17, 15) is 18.0 Å². The predicted molar refractivity (Wildman–Crippen MR) is 126 cm³/mol. The maximum absolute atomic E-state index is 13.1. The number of nitrogens with zero attached hydrogens (tertiary/aromatic N) is 2. The molecule has 178 valence electrons. The molecule has 0 atom stereocenters. The number of carbonyl (C=O) groups is 2. The highest BCUT2D eigenvalue weighted by Gasteiger charge is 2.28. The Morgan fingerprint density at radius 3 is 2.48 bits per heavy atom. The number of sulfonamides is 1. The summed E-state index contributed by atoms with van der Waals surface area (Å²) in [5, 5.41) is 3.17. The van der Waals surface area contributed by atoms with Crippen LogP contribution in [0.2, 0.25) is 0 Å². The Morgan fingerprint density at radius 1 is 1.15 bits per heavy atom. The molecule has 11 heteroatoms. The van der Waals surface area contributed by atoms with Gasteiger partial charge in [0.2, 0.25) is 15.9 Å². The average Bonchev–Trinajstić information content (AvgIpc) is 2.80. The number of rotatable bonds is 8. The van der Waals surface area contributed by atoms with Crippen LogP contribution in [-0.4, -0.2) is 61.6 Å². The number of morpholine rings is 1. The van der Waals surface area contributed by atoms with Gasteiger partial charge in [-0.25, -0.2) is 13.4 Å². The Kier molecular flexibility index (Phi) is 8.11. The monoisotopic (exact) mass is 492 g/mol. The van der Waals surface area contributed by atoms with Crippen LogP contribution in [0.3, 0.4) is 0 Å². The van der Waals surface area contributed by atoms with E-state index in [4.69, 9.17) is 10.5 Å². The molecule has 2 heterocycles. The van der Waals surface area contributed by atoms with E-state index in [1.165, 1.54) is 4.31 Å². The molecule has 1 aliphatic rings. The molecule has 3 rings (SSSR count). The summed E-state index contributed by atoms with van der Waals surface area (Å²) in [5.74, 6) is -0.895. The second-order valence-electron chi connectivity index (χ2n) is 7.68. The summed E-state index contributed by atoms with van der Waals surface area (Å²) in [5.41, 5.74) is 8.75. The summed E-state index contributed by atoms with van der Waals surface area (Å²) >= 11 is 1.12. The third kappa shape index (κ3) is 5.72. The van der Waals surface area contributed by atoms with Gasteiger partial charge in [0, 0.05) is 25.3 Å². The first-order valence-corrected chi connectivity index (χ1v) is 12.9. The van der Waals surface area contributed by atoms with Crippen molar-refractivity contribution in [3.05, 3.63) is 52.2 Å². The molecule has 33 heavy (non-hydrogen) atoms. The van der Waals surface area contributed by atoms with Crippen LogP contribution in [0.25, 0.3) is 0 Å². The SMILES string of the molecule is Cc1nc(SCC(=O)NCc2ccccc2S(=O)(=O)N2CCOCC2)c(C(N)=O)c(C)c1C. The van der Waals surface area contributed by atoms with Crippen LogP contribution in [0.4, 0.5) is 0 Å². The van der Waals surface area contributed by atoms with Crippen molar-refractivity contribution in [1.82, 2.24) is 14.6 Å². The Morgan fingerprint density at radius 2 is 1.82 bits per heavy atom. The normalized spacial score (nSPS) is 14.8. The third-order valence-electron chi connectivity index (χ3n) is 5.59. The third-order valence-corrected chi connectivity index (χ3v) is 8.56. The molecule has 0 bridgehead atoms. The molecule has 0 unspecified atom stereocenters. The van der Waals surface area contributed by atoms with Crippen LogP contribution in [0.1, 0.15) is 32.7 Å². The number of ether oxygens (including phenoxy) is 1. The van der Waals surface area contributed by atoms with Gasteiger partial charge in [-0.1, -0.05) is 30.0 Å². The van der Waals surface area contributed by atoms with Gasteiger partial charge in [-0.2, -0.15) is 4.31 Å². The fourth-order valence-corrected chi connectivity index (χ4v) is 6.11. The molecule has 2 aromatic rings. The van der Waals surface area contributed by atoms with Crippen molar-refractivity contribution in [3.8, 4) is 0 Å². The van der Waals surface area contributed by atoms with Crippen LogP contribution in [0, 0.1) is 20.8 Å². The molecule has 1 saturated heterocycles. The Balaban J connectivity index is 1.69. The molecule has 0 saturated carbocycles. The summed E-state index contributed by atoms with van der Waals surface area (Å²) in [6, 6.07) is 6.62. The number of aromatic nitrogens is 1. The summed E-state index contributed by atoms with van der Waals surface area (Å²) in [4.78, 5) is 29.0. The van der Waals surface area contributed by atoms with Gasteiger partial charge < -0.3 is 15.8 Å². The van der Waals surface area contributed by atoms with Gasteiger partial charge >= 0.3 is 0 Å². The molecule has 0 spiro atoms. The average molecular weight is 493 g/mol. The molecular weight excluding hydrogens is 464 g/mol. The zero-order valence-electron chi connectivity index (χ0n) is 18.9. The molecule has 1 fully saturated rings. The summed E-state index contributed by atoms with van der Waals surface area (Å²) in [6.45, 7) is 6.87. The van der Waals surface area contributed by atoms with E-state index in [0.717, 1.165) is 28.6 Å². The molecule has 1 aromatic carbocycles. The van der Waals surface area contributed by atoms with Crippen molar-refractivity contribution in [3.63, 3.8) is 0 Å². The standard InChI is InChI=1S/C22H28N4O5S2/c1-14-15(2)20(21(23)28)22(25-16(14)3)32-13-19(27)24-12-17-6-4-5-7-18(17)33(29,30)26-8-10-31-11-9-26/h4-7H,8-13H2,1-3H3,(H2,23,28)(H,24,27). The van der Waals surface area contributed by atoms with Crippen LogP contribution >= 0.6 is 11.8 Å². The van der Waals surface area contributed by atoms with Gasteiger partial charge in [-0.3, -0.25) is 9.59 Å². The van der Waals surface area contributed by atoms with Gasteiger partial charge in [-0.05, 0) is 43.5 Å². The van der Waals surface area contributed by atoms with Gasteiger partial charge in [0.1, 0.15) is 5.03 Å². The molecule has 2 amide bonds. The smallest absolute Gasteiger partial charge is 0.251 e. The lowest BCUT2D eigenvalue weighted by atomic mass is 10.0. The largest absolute Gasteiger partial charge is 0.379 e. The minimum atomic E-state index is -3.69. The van der Waals surface area contributed by atoms with E-state index in [0.29, 0.717) is 42.5 Å². The molecule has 0 radical (unpaired) electrons. The van der Waals surface area contributed by atoms with Crippen molar-refractivity contribution in [1.29, 1.82) is 0 Å². The highest BCUT2D eigenvalue weighted by molar-refractivity contribution is 8.00. The zero-order valence-corrected chi connectivity index (χ0v) is 20.5.